The molecule has 0 heterocycles. The Kier molecular flexibility index (Phi) is 6.07. The predicted molar refractivity (Wildman–Crippen MR) is 48.4 cm³/mol. The van der Waals surface area contributed by atoms with Crippen LogP contribution in [0.4, 0.5) is 18.0 Å². The van der Waals surface area contributed by atoms with Crippen LogP contribution in [0, 0.1) is 0 Å². The third-order valence-corrected chi connectivity index (χ3v) is 1.62. The van der Waals surface area contributed by atoms with Crippen molar-refractivity contribution in [3.63, 3.8) is 0 Å². The maximum Gasteiger partial charge on any atom is 0.405 e. The first-order valence-corrected chi connectivity index (χ1v) is 4.57. The highest BCUT2D eigenvalue weighted by Crippen LogP contribution is 2.11. The fourth-order valence-electron chi connectivity index (χ4n) is 0.925. The molecule has 0 fully saturated rings. The number of carbonyl (C=O) groups excluding carboxylic acids is 1. The van der Waals surface area contributed by atoms with Crippen LogP contribution < -0.4 is 10.6 Å². The highest BCUT2D eigenvalue weighted by Gasteiger charge is 2.27. The number of aliphatic hydroxyl groups excluding tert-OH is 1. The smallest absolute Gasteiger partial charge is 0.396 e. The zero-order chi connectivity index (χ0) is 11.9. The van der Waals surface area contributed by atoms with Gasteiger partial charge in [-0.2, -0.15) is 13.2 Å². The van der Waals surface area contributed by atoms with Gasteiger partial charge in [-0.25, -0.2) is 4.79 Å². The number of aliphatic hydroxyl groups is 1. The van der Waals surface area contributed by atoms with Crippen molar-refractivity contribution in [1.29, 1.82) is 0 Å². The van der Waals surface area contributed by atoms with E-state index in [0.717, 1.165) is 0 Å². The quantitative estimate of drug-likeness (QED) is 0.657. The number of hydrogen-bond donors (Lipinski definition) is 3. The van der Waals surface area contributed by atoms with Crippen molar-refractivity contribution in [2.75, 3.05) is 13.2 Å². The fourth-order valence-corrected chi connectivity index (χ4v) is 0.925. The molecule has 4 nitrogen and oxygen atoms in total. The average molecular weight is 228 g/mol. The van der Waals surface area contributed by atoms with Gasteiger partial charge in [0.1, 0.15) is 6.54 Å². The molecule has 0 aliphatic carbocycles. The molecular weight excluding hydrogens is 213 g/mol. The van der Waals surface area contributed by atoms with Gasteiger partial charge in [0.25, 0.3) is 0 Å². The number of urea groups is 1. The zero-order valence-electron chi connectivity index (χ0n) is 8.40. The van der Waals surface area contributed by atoms with E-state index in [1.54, 1.807) is 12.2 Å². The summed E-state index contributed by atoms with van der Waals surface area (Å²) in [5, 5.41) is 12.5. The molecule has 0 aromatic carbocycles. The number of rotatable bonds is 5. The molecule has 0 aromatic heterocycles. The molecule has 7 heteroatoms. The Balaban J connectivity index is 3.64. The Morgan fingerprint density at radius 2 is 2.07 bits per heavy atom. The van der Waals surface area contributed by atoms with Gasteiger partial charge in [-0.05, 0) is 19.8 Å². The van der Waals surface area contributed by atoms with Gasteiger partial charge in [-0.15, -0.1) is 0 Å². The molecule has 3 N–H and O–H groups in total. The van der Waals surface area contributed by atoms with Gasteiger partial charge >= 0.3 is 12.2 Å². The first-order chi connectivity index (χ1) is 6.85. The first-order valence-electron chi connectivity index (χ1n) is 4.57. The van der Waals surface area contributed by atoms with Crippen molar-refractivity contribution in [1.82, 2.24) is 10.6 Å². The lowest BCUT2D eigenvalue weighted by molar-refractivity contribution is -0.122. The Labute approximate surface area is 85.8 Å². The predicted octanol–water partition coefficient (Wildman–Crippen LogP) is 1.01. The summed E-state index contributed by atoms with van der Waals surface area (Å²) in [7, 11) is 0. The first kappa shape index (κ1) is 14.0. The van der Waals surface area contributed by atoms with Crippen LogP contribution in [0.3, 0.4) is 0 Å². The lowest BCUT2D eigenvalue weighted by Crippen LogP contribution is -2.44. The molecule has 0 radical (unpaired) electrons. The molecule has 0 aliphatic heterocycles. The molecule has 0 aromatic rings. The molecule has 0 bridgehead atoms. The lowest BCUT2D eigenvalue weighted by Gasteiger charge is -2.14. The lowest BCUT2D eigenvalue weighted by atomic mass is 10.2. The van der Waals surface area contributed by atoms with E-state index in [-0.39, 0.29) is 12.6 Å². The van der Waals surface area contributed by atoms with E-state index in [2.05, 4.69) is 5.32 Å². The summed E-state index contributed by atoms with van der Waals surface area (Å²) < 4.78 is 35.0. The van der Waals surface area contributed by atoms with Gasteiger partial charge in [0.15, 0.2) is 0 Å². The molecule has 90 valence electrons. The van der Waals surface area contributed by atoms with Crippen molar-refractivity contribution in [3.05, 3.63) is 0 Å². The van der Waals surface area contributed by atoms with Crippen LogP contribution in [0.2, 0.25) is 0 Å². The highest BCUT2D eigenvalue weighted by atomic mass is 19.4. The number of carbonyl (C=O) groups is 1. The molecule has 15 heavy (non-hydrogen) atoms. The van der Waals surface area contributed by atoms with Crippen LogP contribution in [0.5, 0.6) is 0 Å². The molecule has 0 spiro atoms. The second-order valence-corrected chi connectivity index (χ2v) is 3.21. The maximum atomic E-state index is 11.7. The number of nitrogens with one attached hydrogen (secondary N) is 2. The highest BCUT2D eigenvalue weighted by molar-refractivity contribution is 5.74. The molecule has 0 saturated heterocycles. The van der Waals surface area contributed by atoms with Crippen LogP contribution in [0.25, 0.3) is 0 Å². The van der Waals surface area contributed by atoms with Crippen molar-refractivity contribution < 1.29 is 23.1 Å². The van der Waals surface area contributed by atoms with E-state index in [1.165, 1.54) is 0 Å². The van der Waals surface area contributed by atoms with E-state index in [1.807, 2.05) is 0 Å². The maximum absolute atomic E-state index is 11.7. The van der Waals surface area contributed by atoms with E-state index in [9.17, 15) is 18.0 Å². The van der Waals surface area contributed by atoms with Gasteiger partial charge in [0.2, 0.25) is 0 Å². The Morgan fingerprint density at radius 1 is 1.47 bits per heavy atom. The second-order valence-electron chi connectivity index (χ2n) is 3.21. The third-order valence-electron chi connectivity index (χ3n) is 1.62. The van der Waals surface area contributed by atoms with E-state index in [0.29, 0.717) is 12.8 Å². The number of alkyl halides is 3. The van der Waals surface area contributed by atoms with Crippen LogP contribution >= 0.6 is 0 Å². The summed E-state index contributed by atoms with van der Waals surface area (Å²) in [4.78, 5) is 10.9. The summed E-state index contributed by atoms with van der Waals surface area (Å²) in [5.74, 6) is 0. The van der Waals surface area contributed by atoms with Crippen molar-refractivity contribution in [2.24, 2.45) is 0 Å². The van der Waals surface area contributed by atoms with E-state index < -0.39 is 18.8 Å². The normalized spacial score (nSPS) is 13.4. The van der Waals surface area contributed by atoms with Gasteiger partial charge in [0.05, 0.1) is 0 Å². The summed E-state index contributed by atoms with van der Waals surface area (Å²) in [6, 6.07) is -1.11. The van der Waals surface area contributed by atoms with Gasteiger partial charge in [0, 0.05) is 12.6 Å². The van der Waals surface area contributed by atoms with Gasteiger partial charge in [-0.1, -0.05) is 0 Å². The number of amides is 2. The minimum atomic E-state index is -4.40. The standard InChI is InChI=1S/C8H15F3N2O2/c1-6(3-2-4-14)13-7(15)12-5-8(9,10)11/h6,14H,2-5H2,1H3,(H2,12,13,15). The zero-order valence-corrected chi connectivity index (χ0v) is 8.40. The third kappa shape index (κ3) is 9.33. The number of hydrogen-bond acceptors (Lipinski definition) is 2. The Hall–Kier alpha value is -0.980. The largest absolute Gasteiger partial charge is 0.405 e. The summed E-state index contributed by atoms with van der Waals surface area (Å²) in [6.07, 6.45) is -3.37. The van der Waals surface area contributed by atoms with Gasteiger partial charge in [-0.3, -0.25) is 0 Å². The monoisotopic (exact) mass is 228 g/mol. The van der Waals surface area contributed by atoms with E-state index in [4.69, 9.17) is 5.11 Å². The second kappa shape index (κ2) is 6.49. The molecule has 0 rings (SSSR count). The molecule has 0 aliphatic rings. The molecular formula is C8H15F3N2O2. The van der Waals surface area contributed by atoms with Crippen LogP contribution in [-0.4, -0.2) is 36.5 Å². The summed E-state index contributed by atoms with van der Waals surface area (Å²) in [6.45, 7) is 0.310. The fraction of sp³-hybridized carbons (Fsp3) is 0.875. The van der Waals surface area contributed by atoms with Crippen LogP contribution in [-0.2, 0) is 0 Å². The Morgan fingerprint density at radius 3 is 2.53 bits per heavy atom. The number of halogens is 3. The van der Waals surface area contributed by atoms with Crippen LogP contribution in [0.15, 0.2) is 0 Å². The Bertz CT molecular complexity index is 197. The minimum absolute atomic E-state index is 0.00378. The van der Waals surface area contributed by atoms with Crippen molar-refractivity contribution in [3.8, 4) is 0 Å². The molecule has 1 atom stereocenters. The minimum Gasteiger partial charge on any atom is -0.396 e. The van der Waals surface area contributed by atoms with Crippen molar-refractivity contribution >= 4 is 6.03 Å². The van der Waals surface area contributed by atoms with Gasteiger partial charge < -0.3 is 15.7 Å². The van der Waals surface area contributed by atoms with Crippen LogP contribution in [0.1, 0.15) is 19.8 Å². The summed E-state index contributed by atoms with van der Waals surface area (Å²) >= 11 is 0. The molecule has 2 amide bonds. The molecule has 0 saturated carbocycles. The average Bonchev–Trinajstić information content (AvgIpc) is 2.10. The summed E-state index contributed by atoms with van der Waals surface area (Å²) in [5.41, 5.74) is 0. The molecule has 1 unspecified atom stereocenters. The topological polar surface area (TPSA) is 61.4 Å². The van der Waals surface area contributed by atoms with E-state index >= 15 is 0 Å². The van der Waals surface area contributed by atoms with Crippen molar-refractivity contribution in [2.45, 2.75) is 32.0 Å². The SMILES string of the molecule is CC(CCCO)NC(=O)NCC(F)(F)F.